The molecule has 0 bridgehead atoms. The largest absolute Gasteiger partial charge is 0.497 e. The molecular formula is C11H14N2O2. The summed E-state index contributed by atoms with van der Waals surface area (Å²) >= 11 is 0. The molecule has 0 saturated carbocycles. The highest BCUT2D eigenvalue weighted by atomic mass is 16.5. The highest BCUT2D eigenvalue weighted by Gasteiger charge is 2.32. The molecule has 0 radical (unpaired) electrons. The number of rotatable bonds is 3. The van der Waals surface area contributed by atoms with Gasteiger partial charge in [0, 0.05) is 13.1 Å². The number of ether oxygens (including phenoxy) is 1. The minimum Gasteiger partial charge on any atom is -0.497 e. The van der Waals surface area contributed by atoms with Crippen LogP contribution in [0.3, 0.4) is 0 Å². The smallest absolute Gasteiger partial charge is 0.241 e. The quantitative estimate of drug-likeness (QED) is 0.727. The van der Waals surface area contributed by atoms with Crippen molar-refractivity contribution in [3.8, 4) is 5.75 Å². The van der Waals surface area contributed by atoms with Crippen molar-refractivity contribution in [2.24, 2.45) is 5.73 Å². The van der Waals surface area contributed by atoms with Crippen LogP contribution in [-0.4, -0.2) is 30.5 Å². The lowest BCUT2D eigenvalue weighted by molar-refractivity contribution is -0.143. The van der Waals surface area contributed by atoms with E-state index < -0.39 is 0 Å². The first-order valence-corrected chi connectivity index (χ1v) is 4.88. The molecule has 2 rings (SSSR count). The highest BCUT2D eigenvalue weighted by Crippen LogP contribution is 2.17. The zero-order valence-corrected chi connectivity index (χ0v) is 8.64. The van der Waals surface area contributed by atoms with E-state index in [0.717, 1.165) is 11.3 Å². The summed E-state index contributed by atoms with van der Waals surface area (Å²) in [7, 11) is 1.63. The number of nitrogens with zero attached hydrogens (tertiary/aromatic N) is 1. The van der Waals surface area contributed by atoms with Gasteiger partial charge in [0.2, 0.25) is 5.91 Å². The van der Waals surface area contributed by atoms with Crippen LogP contribution in [0.5, 0.6) is 5.75 Å². The molecule has 0 spiro atoms. The average molecular weight is 206 g/mol. The van der Waals surface area contributed by atoms with Gasteiger partial charge in [0.05, 0.1) is 7.11 Å². The molecule has 1 aliphatic heterocycles. The molecule has 4 nitrogen and oxygen atoms in total. The molecule has 1 aliphatic rings. The summed E-state index contributed by atoms with van der Waals surface area (Å²) in [5.74, 6) is 0.836. The van der Waals surface area contributed by atoms with Gasteiger partial charge in [-0.15, -0.1) is 0 Å². The molecule has 4 heteroatoms. The molecule has 1 saturated heterocycles. The number of likely N-dealkylation sites (tertiary alicyclic amines) is 1. The molecule has 1 aromatic carbocycles. The van der Waals surface area contributed by atoms with Gasteiger partial charge in [0.25, 0.3) is 0 Å². The van der Waals surface area contributed by atoms with E-state index in [0.29, 0.717) is 13.1 Å². The lowest BCUT2D eigenvalue weighted by Crippen LogP contribution is -2.60. The average Bonchev–Trinajstić information content (AvgIpc) is 2.28. The van der Waals surface area contributed by atoms with E-state index in [4.69, 9.17) is 10.5 Å². The zero-order chi connectivity index (χ0) is 10.8. The van der Waals surface area contributed by atoms with Gasteiger partial charge in [-0.1, -0.05) is 12.1 Å². The summed E-state index contributed by atoms with van der Waals surface area (Å²) in [5, 5.41) is 0. The SMILES string of the molecule is COc1cccc(CN2CC(N)C2=O)c1. The number of hydrogen-bond donors (Lipinski definition) is 1. The van der Waals surface area contributed by atoms with Crippen molar-refractivity contribution in [3.05, 3.63) is 29.8 Å². The maximum Gasteiger partial charge on any atom is 0.241 e. The third-order valence-electron chi connectivity index (χ3n) is 2.55. The molecule has 15 heavy (non-hydrogen) atoms. The Morgan fingerprint density at radius 3 is 3.00 bits per heavy atom. The maximum atomic E-state index is 11.3. The van der Waals surface area contributed by atoms with Crippen LogP contribution in [0.15, 0.2) is 24.3 Å². The summed E-state index contributed by atoms with van der Waals surface area (Å²) in [4.78, 5) is 13.0. The Balaban J connectivity index is 2.02. The van der Waals surface area contributed by atoms with E-state index >= 15 is 0 Å². The summed E-state index contributed by atoms with van der Waals surface area (Å²) in [6, 6.07) is 7.40. The van der Waals surface area contributed by atoms with Crippen LogP contribution < -0.4 is 10.5 Å². The number of nitrogens with two attached hydrogens (primary N) is 1. The number of β-lactam (4-membered cyclic amide) rings is 1. The Labute approximate surface area is 88.6 Å². The first-order valence-electron chi connectivity index (χ1n) is 4.88. The normalized spacial score (nSPS) is 20.0. The summed E-state index contributed by atoms with van der Waals surface area (Å²) in [6.07, 6.45) is 0. The Morgan fingerprint density at radius 2 is 2.40 bits per heavy atom. The number of carbonyl (C=O) groups is 1. The number of benzene rings is 1. The minimum atomic E-state index is -0.296. The minimum absolute atomic E-state index is 0.0258. The van der Waals surface area contributed by atoms with Crippen LogP contribution in [0, 0.1) is 0 Å². The Bertz CT molecular complexity index is 379. The van der Waals surface area contributed by atoms with Crippen molar-refractivity contribution in [1.82, 2.24) is 4.90 Å². The van der Waals surface area contributed by atoms with Gasteiger partial charge in [-0.05, 0) is 17.7 Å². The number of methoxy groups -OCH3 is 1. The van der Waals surface area contributed by atoms with Crippen LogP contribution in [0.2, 0.25) is 0 Å². The monoisotopic (exact) mass is 206 g/mol. The van der Waals surface area contributed by atoms with Crippen LogP contribution >= 0.6 is 0 Å². The molecule has 1 unspecified atom stereocenters. The molecule has 1 atom stereocenters. The topological polar surface area (TPSA) is 55.6 Å². The number of amides is 1. The molecule has 0 aromatic heterocycles. The van der Waals surface area contributed by atoms with Gasteiger partial charge in [-0.3, -0.25) is 4.79 Å². The molecular weight excluding hydrogens is 192 g/mol. The van der Waals surface area contributed by atoms with Crippen LogP contribution in [0.1, 0.15) is 5.56 Å². The Hall–Kier alpha value is -1.55. The number of hydrogen-bond acceptors (Lipinski definition) is 3. The molecule has 1 amide bonds. The molecule has 1 fully saturated rings. The Kier molecular flexibility index (Phi) is 2.60. The molecule has 0 aliphatic carbocycles. The first kappa shape index (κ1) is 9.98. The van der Waals surface area contributed by atoms with Crippen molar-refractivity contribution >= 4 is 5.91 Å². The van der Waals surface area contributed by atoms with Gasteiger partial charge in [0.15, 0.2) is 0 Å². The van der Waals surface area contributed by atoms with Crippen LogP contribution in [0.25, 0.3) is 0 Å². The third kappa shape index (κ3) is 1.94. The van der Waals surface area contributed by atoms with Gasteiger partial charge < -0.3 is 15.4 Å². The van der Waals surface area contributed by atoms with Crippen LogP contribution in [0.4, 0.5) is 0 Å². The molecule has 80 valence electrons. The van der Waals surface area contributed by atoms with Crippen molar-refractivity contribution < 1.29 is 9.53 Å². The highest BCUT2D eigenvalue weighted by molar-refractivity contribution is 5.87. The molecule has 2 N–H and O–H groups in total. The standard InChI is InChI=1S/C11H14N2O2/c1-15-9-4-2-3-8(5-9)6-13-7-10(12)11(13)14/h2-5,10H,6-7,12H2,1H3. The van der Waals surface area contributed by atoms with Crippen molar-refractivity contribution in [1.29, 1.82) is 0 Å². The van der Waals surface area contributed by atoms with E-state index in [2.05, 4.69) is 0 Å². The summed E-state index contributed by atoms with van der Waals surface area (Å²) < 4.78 is 5.11. The second-order valence-electron chi connectivity index (χ2n) is 3.68. The predicted octanol–water partition coefficient (Wildman–Crippen LogP) is 0.365. The predicted molar refractivity (Wildman–Crippen MR) is 56.4 cm³/mol. The number of carbonyl (C=O) groups excluding carboxylic acids is 1. The van der Waals surface area contributed by atoms with Gasteiger partial charge in [-0.2, -0.15) is 0 Å². The fraction of sp³-hybridized carbons (Fsp3) is 0.364. The van der Waals surface area contributed by atoms with E-state index in [9.17, 15) is 4.79 Å². The maximum absolute atomic E-state index is 11.3. The van der Waals surface area contributed by atoms with E-state index in [1.165, 1.54) is 0 Å². The van der Waals surface area contributed by atoms with Crippen molar-refractivity contribution in [2.45, 2.75) is 12.6 Å². The van der Waals surface area contributed by atoms with E-state index in [-0.39, 0.29) is 11.9 Å². The van der Waals surface area contributed by atoms with Crippen LogP contribution in [-0.2, 0) is 11.3 Å². The molecule has 1 aromatic rings. The second kappa shape index (κ2) is 3.90. The zero-order valence-electron chi connectivity index (χ0n) is 8.64. The summed E-state index contributed by atoms with van der Waals surface area (Å²) in [5.41, 5.74) is 6.57. The lowest BCUT2D eigenvalue weighted by atomic mass is 10.1. The van der Waals surface area contributed by atoms with Gasteiger partial charge >= 0.3 is 0 Å². The van der Waals surface area contributed by atoms with Crippen molar-refractivity contribution in [3.63, 3.8) is 0 Å². The van der Waals surface area contributed by atoms with Gasteiger partial charge in [-0.25, -0.2) is 0 Å². The lowest BCUT2D eigenvalue weighted by Gasteiger charge is -2.36. The molecule has 1 heterocycles. The van der Waals surface area contributed by atoms with Gasteiger partial charge in [0.1, 0.15) is 11.8 Å². The summed E-state index contributed by atoms with van der Waals surface area (Å²) in [6.45, 7) is 1.26. The first-order chi connectivity index (χ1) is 7.20. The van der Waals surface area contributed by atoms with E-state index in [1.807, 2.05) is 24.3 Å². The fourth-order valence-corrected chi connectivity index (χ4v) is 1.66. The van der Waals surface area contributed by atoms with Crippen molar-refractivity contribution in [2.75, 3.05) is 13.7 Å². The second-order valence-corrected chi connectivity index (χ2v) is 3.68. The fourth-order valence-electron chi connectivity index (χ4n) is 1.66. The third-order valence-corrected chi connectivity index (χ3v) is 2.55. The Morgan fingerprint density at radius 1 is 1.60 bits per heavy atom. The van der Waals surface area contributed by atoms with E-state index in [1.54, 1.807) is 12.0 Å².